The van der Waals surface area contributed by atoms with Crippen molar-refractivity contribution in [2.24, 2.45) is 35.0 Å². The highest BCUT2D eigenvalue weighted by Gasteiger charge is 2.58. The third kappa shape index (κ3) is 8.44. The lowest BCUT2D eigenvalue weighted by atomic mass is 9.77. The molecule has 0 aromatic carbocycles. The van der Waals surface area contributed by atoms with Gasteiger partial charge in [0.15, 0.2) is 6.79 Å². The van der Waals surface area contributed by atoms with Crippen LogP contribution in [0.5, 0.6) is 0 Å². The van der Waals surface area contributed by atoms with Gasteiger partial charge in [0.1, 0.15) is 0 Å². The van der Waals surface area contributed by atoms with Crippen molar-refractivity contribution in [1.82, 2.24) is 0 Å². The topological polar surface area (TPSA) is 35.5 Å². The molecule has 0 saturated heterocycles. The van der Waals surface area contributed by atoms with Gasteiger partial charge in [-0.2, -0.15) is 0 Å². The molecule has 4 atom stereocenters. The average Bonchev–Trinajstić information content (AvgIpc) is 3.29. The fourth-order valence-electron chi connectivity index (χ4n) is 4.82. The Bertz CT molecular complexity index is 480. The van der Waals surface area contributed by atoms with E-state index in [1.807, 2.05) is 27.7 Å². The average molecular weight is 411 g/mol. The Morgan fingerprint density at radius 1 is 1.03 bits per heavy atom. The van der Waals surface area contributed by atoms with E-state index in [0.29, 0.717) is 29.6 Å². The fraction of sp³-hybridized carbons (Fsp3) is 0.885. The second-order valence-electron chi connectivity index (χ2n) is 9.47. The molecule has 3 nitrogen and oxygen atoms in total. The third-order valence-electron chi connectivity index (χ3n) is 5.94. The van der Waals surface area contributed by atoms with Gasteiger partial charge in [-0.1, -0.05) is 87.8 Å². The van der Waals surface area contributed by atoms with Crippen LogP contribution in [-0.4, -0.2) is 18.9 Å². The van der Waals surface area contributed by atoms with Gasteiger partial charge in [-0.15, -0.1) is 0 Å². The number of carbonyl (C=O) groups excluding carboxylic acids is 1. The van der Waals surface area contributed by atoms with Crippen molar-refractivity contribution < 1.29 is 14.3 Å². The SMILES string of the molecule is CC.CC.CC(C)C=C1CC(C)C(OCOC(=O)C2(CC(C)C)CC2C)C(C)C1. The van der Waals surface area contributed by atoms with Gasteiger partial charge in [0.2, 0.25) is 0 Å². The van der Waals surface area contributed by atoms with E-state index in [-0.39, 0.29) is 24.3 Å². The van der Waals surface area contributed by atoms with Crippen LogP contribution in [0.25, 0.3) is 0 Å². The van der Waals surface area contributed by atoms with E-state index in [4.69, 9.17) is 9.47 Å². The van der Waals surface area contributed by atoms with Crippen LogP contribution in [0.2, 0.25) is 0 Å². The summed E-state index contributed by atoms with van der Waals surface area (Å²) in [6.45, 7) is 23.6. The molecule has 2 fully saturated rings. The lowest BCUT2D eigenvalue weighted by molar-refractivity contribution is -0.175. The number of esters is 1. The second-order valence-corrected chi connectivity index (χ2v) is 9.47. The molecule has 2 aliphatic carbocycles. The predicted molar refractivity (Wildman–Crippen MR) is 125 cm³/mol. The second kappa shape index (κ2) is 13.5. The molecule has 0 aliphatic heterocycles. The van der Waals surface area contributed by atoms with Gasteiger partial charge >= 0.3 is 5.97 Å². The zero-order valence-corrected chi connectivity index (χ0v) is 21.3. The van der Waals surface area contributed by atoms with Gasteiger partial charge in [-0.05, 0) is 55.3 Å². The standard InChI is InChI=1S/C22H38O3.2C2H6/c1-14(2)8-19-9-16(5)20(17(6)10-19)24-13-25-21(23)22(11-15(3)4)12-18(22)7;2*1-2/h8,14-18,20H,9-13H2,1-7H3;2*1-2H3. The third-order valence-corrected chi connectivity index (χ3v) is 5.94. The van der Waals surface area contributed by atoms with E-state index in [9.17, 15) is 4.79 Å². The molecule has 2 aliphatic rings. The van der Waals surface area contributed by atoms with Crippen LogP contribution in [0.1, 0.15) is 102 Å². The summed E-state index contributed by atoms with van der Waals surface area (Å²) in [5.74, 6) is 2.45. The van der Waals surface area contributed by atoms with E-state index in [1.54, 1.807) is 5.57 Å². The van der Waals surface area contributed by atoms with E-state index in [0.717, 1.165) is 25.7 Å². The lowest BCUT2D eigenvalue weighted by Gasteiger charge is -2.36. The number of ether oxygens (including phenoxy) is 2. The maximum atomic E-state index is 12.5. The first-order valence-electron chi connectivity index (χ1n) is 12.1. The zero-order valence-electron chi connectivity index (χ0n) is 21.3. The first-order valence-corrected chi connectivity index (χ1v) is 12.1. The van der Waals surface area contributed by atoms with Crippen LogP contribution < -0.4 is 0 Å². The maximum absolute atomic E-state index is 12.5. The van der Waals surface area contributed by atoms with Crippen molar-refractivity contribution in [3.8, 4) is 0 Å². The summed E-state index contributed by atoms with van der Waals surface area (Å²) in [6.07, 6.45) is 6.64. The minimum absolute atomic E-state index is 0.0507. The molecule has 0 bridgehead atoms. The number of allylic oxidation sites excluding steroid dienone is 2. The summed E-state index contributed by atoms with van der Waals surface area (Å²) >= 11 is 0. The highest BCUT2D eigenvalue weighted by atomic mass is 16.7. The molecule has 2 rings (SSSR count). The summed E-state index contributed by atoms with van der Waals surface area (Å²) in [5, 5.41) is 0. The lowest BCUT2D eigenvalue weighted by Crippen LogP contribution is -2.35. The van der Waals surface area contributed by atoms with E-state index in [1.165, 1.54) is 0 Å². The minimum Gasteiger partial charge on any atom is -0.438 e. The molecule has 0 heterocycles. The van der Waals surface area contributed by atoms with Crippen molar-refractivity contribution in [1.29, 1.82) is 0 Å². The number of rotatable bonds is 7. The van der Waals surface area contributed by atoms with Crippen molar-refractivity contribution >= 4 is 5.97 Å². The molecule has 0 N–H and O–H groups in total. The predicted octanol–water partition coefficient (Wildman–Crippen LogP) is 7.65. The van der Waals surface area contributed by atoms with Gasteiger partial charge in [-0.25, -0.2) is 0 Å². The smallest absolute Gasteiger partial charge is 0.314 e. The molecule has 3 heteroatoms. The van der Waals surface area contributed by atoms with E-state index < -0.39 is 0 Å². The highest BCUT2D eigenvalue weighted by molar-refractivity contribution is 5.80. The zero-order chi connectivity index (χ0) is 22.8. The van der Waals surface area contributed by atoms with Gasteiger partial charge in [0.05, 0.1) is 11.5 Å². The summed E-state index contributed by atoms with van der Waals surface area (Å²) in [6, 6.07) is 0. The van der Waals surface area contributed by atoms with Crippen molar-refractivity contribution in [3.05, 3.63) is 11.6 Å². The minimum atomic E-state index is -0.242. The van der Waals surface area contributed by atoms with Crippen LogP contribution in [0, 0.1) is 35.0 Å². The van der Waals surface area contributed by atoms with Crippen LogP contribution in [0.4, 0.5) is 0 Å². The van der Waals surface area contributed by atoms with Crippen LogP contribution in [0.15, 0.2) is 11.6 Å². The van der Waals surface area contributed by atoms with Crippen LogP contribution in [-0.2, 0) is 14.3 Å². The number of carbonyl (C=O) groups is 1. The molecule has 2 saturated carbocycles. The molecule has 0 aromatic heterocycles. The van der Waals surface area contributed by atoms with Crippen molar-refractivity contribution in [3.63, 3.8) is 0 Å². The Hall–Kier alpha value is -0.830. The normalized spacial score (nSPS) is 30.7. The highest BCUT2D eigenvalue weighted by Crippen LogP contribution is 2.57. The summed E-state index contributed by atoms with van der Waals surface area (Å²) in [4.78, 5) is 12.5. The quantitative estimate of drug-likeness (QED) is 0.246. The molecule has 0 spiro atoms. The van der Waals surface area contributed by atoms with Gasteiger partial charge in [-0.3, -0.25) is 4.79 Å². The first-order chi connectivity index (χ1) is 13.7. The van der Waals surface area contributed by atoms with Gasteiger partial charge < -0.3 is 9.47 Å². The van der Waals surface area contributed by atoms with Crippen molar-refractivity contribution in [2.45, 2.75) is 108 Å². The monoisotopic (exact) mass is 410 g/mol. The molecule has 0 radical (unpaired) electrons. The Kier molecular flexibility index (Phi) is 13.1. The van der Waals surface area contributed by atoms with E-state index in [2.05, 4.69) is 54.5 Å². The molecule has 172 valence electrons. The first kappa shape index (κ1) is 28.2. The van der Waals surface area contributed by atoms with Crippen LogP contribution in [0.3, 0.4) is 0 Å². The van der Waals surface area contributed by atoms with Gasteiger partial charge in [0, 0.05) is 0 Å². The number of hydrogen-bond acceptors (Lipinski definition) is 3. The Morgan fingerprint density at radius 2 is 1.52 bits per heavy atom. The largest absolute Gasteiger partial charge is 0.438 e. The molecular weight excluding hydrogens is 360 g/mol. The van der Waals surface area contributed by atoms with E-state index >= 15 is 0 Å². The maximum Gasteiger partial charge on any atom is 0.314 e. The summed E-state index contributed by atoms with van der Waals surface area (Å²) in [5.41, 5.74) is 1.31. The number of hydrogen-bond donors (Lipinski definition) is 0. The Balaban J connectivity index is 0.00000184. The van der Waals surface area contributed by atoms with Crippen molar-refractivity contribution in [2.75, 3.05) is 6.79 Å². The molecule has 0 amide bonds. The van der Waals surface area contributed by atoms with Crippen LogP contribution >= 0.6 is 0 Å². The Morgan fingerprint density at radius 3 is 1.90 bits per heavy atom. The molecule has 4 unspecified atom stereocenters. The molecule has 29 heavy (non-hydrogen) atoms. The summed E-state index contributed by atoms with van der Waals surface area (Å²) in [7, 11) is 0. The molecule has 0 aromatic rings. The Labute approximate surface area is 182 Å². The summed E-state index contributed by atoms with van der Waals surface area (Å²) < 4.78 is 11.6. The van der Waals surface area contributed by atoms with Gasteiger partial charge in [0.25, 0.3) is 0 Å². The fourth-order valence-corrected chi connectivity index (χ4v) is 4.82. The molecular formula is C26H50O3.